The molecule has 6 nitrogen and oxygen atoms in total. The number of nitriles is 1. The lowest BCUT2D eigenvalue weighted by molar-refractivity contribution is 0.0954. The highest BCUT2D eigenvalue weighted by atomic mass is 16.1. The van der Waals surface area contributed by atoms with Crippen LogP contribution in [0.3, 0.4) is 0 Å². The molecule has 0 aliphatic heterocycles. The third-order valence-electron chi connectivity index (χ3n) is 3.49. The topological polar surface area (TPSA) is 94.5 Å². The van der Waals surface area contributed by atoms with Crippen molar-refractivity contribution in [2.24, 2.45) is 0 Å². The quantitative estimate of drug-likeness (QED) is 0.755. The average molecular weight is 317 g/mol. The molecule has 0 radical (unpaired) electrons. The molecule has 0 aliphatic carbocycles. The summed E-state index contributed by atoms with van der Waals surface area (Å²) in [6.45, 7) is 0.447. The summed E-state index contributed by atoms with van der Waals surface area (Å²) in [5.74, 6) is 1.18. The number of carbonyl (C=O) groups is 1. The van der Waals surface area contributed by atoms with Crippen LogP contribution in [0.15, 0.2) is 54.6 Å². The van der Waals surface area contributed by atoms with E-state index >= 15 is 0 Å². The van der Waals surface area contributed by atoms with Gasteiger partial charge in [0, 0.05) is 24.1 Å². The summed E-state index contributed by atoms with van der Waals surface area (Å²) in [5, 5.41) is 18.6. The van der Waals surface area contributed by atoms with E-state index in [1.807, 2.05) is 36.4 Å². The fraction of sp³-hybridized carbons (Fsp3) is 0.111. The third kappa shape index (κ3) is 3.65. The number of nitrogens with one attached hydrogen (secondary N) is 2. The number of hydrogen-bond donors (Lipinski definition) is 2. The summed E-state index contributed by atoms with van der Waals surface area (Å²) >= 11 is 0. The number of amides is 1. The van der Waals surface area contributed by atoms with Gasteiger partial charge in [-0.05, 0) is 24.3 Å². The van der Waals surface area contributed by atoms with E-state index in [0.717, 1.165) is 5.56 Å². The molecule has 0 fully saturated rings. The minimum atomic E-state index is -0.178. The first-order chi connectivity index (χ1) is 11.8. The largest absolute Gasteiger partial charge is 0.352 e. The minimum Gasteiger partial charge on any atom is -0.352 e. The van der Waals surface area contributed by atoms with E-state index in [4.69, 9.17) is 5.26 Å². The number of rotatable bonds is 5. The van der Waals surface area contributed by atoms with Gasteiger partial charge in [0.05, 0.1) is 11.6 Å². The van der Waals surface area contributed by atoms with Crippen molar-refractivity contribution in [1.82, 2.24) is 20.5 Å². The first-order valence-corrected chi connectivity index (χ1v) is 7.51. The van der Waals surface area contributed by atoms with E-state index in [-0.39, 0.29) is 5.91 Å². The molecule has 0 unspecified atom stereocenters. The molecule has 2 aromatic carbocycles. The predicted molar refractivity (Wildman–Crippen MR) is 89.0 cm³/mol. The summed E-state index contributed by atoms with van der Waals surface area (Å²) in [6, 6.07) is 18.2. The molecule has 0 atom stereocenters. The van der Waals surface area contributed by atoms with Gasteiger partial charge in [0.25, 0.3) is 5.91 Å². The van der Waals surface area contributed by atoms with E-state index in [1.165, 1.54) is 0 Å². The van der Waals surface area contributed by atoms with Crippen LogP contribution >= 0.6 is 0 Å². The molecule has 3 aromatic rings. The van der Waals surface area contributed by atoms with Gasteiger partial charge >= 0.3 is 0 Å². The number of benzene rings is 2. The van der Waals surface area contributed by atoms with E-state index in [9.17, 15) is 4.79 Å². The van der Waals surface area contributed by atoms with Gasteiger partial charge in [-0.1, -0.05) is 30.3 Å². The first-order valence-electron chi connectivity index (χ1n) is 7.51. The van der Waals surface area contributed by atoms with Gasteiger partial charge < -0.3 is 5.32 Å². The van der Waals surface area contributed by atoms with Gasteiger partial charge in [-0.15, -0.1) is 0 Å². The second-order valence-electron chi connectivity index (χ2n) is 5.17. The Balaban J connectivity index is 1.54. The fourth-order valence-electron chi connectivity index (χ4n) is 2.22. The van der Waals surface area contributed by atoms with Crippen LogP contribution in [-0.4, -0.2) is 27.6 Å². The number of aromatic nitrogens is 3. The monoisotopic (exact) mass is 317 g/mol. The molecule has 118 valence electrons. The Kier molecular flexibility index (Phi) is 4.63. The van der Waals surface area contributed by atoms with Gasteiger partial charge in [-0.25, -0.2) is 4.98 Å². The van der Waals surface area contributed by atoms with Crippen LogP contribution in [0.5, 0.6) is 0 Å². The van der Waals surface area contributed by atoms with Crippen molar-refractivity contribution in [2.75, 3.05) is 6.54 Å². The molecular weight excluding hydrogens is 302 g/mol. The molecular formula is C18H15N5O. The molecule has 0 saturated carbocycles. The van der Waals surface area contributed by atoms with Crippen molar-refractivity contribution >= 4 is 5.91 Å². The molecule has 24 heavy (non-hydrogen) atoms. The van der Waals surface area contributed by atoms with Crippen LogP contribution in [0, 0.1) is 11.3 Å². The maximum absolute atomic E-state index is 12.0. The highest BCUT2D eigenvalue weighted by Crippen LogP contribution is 2.13. The molecule has 3 rings (SSSR count). The smallest absolute Gasteiger partial charge is 0.251 e. The summed E-state index contributed by atoms with van der Waals surface area (Å²) in [7, 11) is 0. The highest BCUT2D eigenvalue weighted by molar-refractivity contribution is 5.94. The van der Waals surface area contributed by atoms with Crippen molar-refractivity contribution in [1.29, 1.82) is 5.26 Å². The zero-order valence-corrected chi connectivity index (χ0v) is 12.9. The summed E-state index contributed by atoms with van der Waals surface area (Å²) in [6.07, 6.45) is 0.557. The lowest BCUT2D eigenvalue weighted by atomic mass is 10.1. The summed E-state index contributed by atoms with van der Waals surface area (Å²) in [5.41, 5.74) is 2.00. The first kappa shape index (κ1) is 15.4. The lowest BCUT2D eigenvalue weighted by Crippen LogP contribution is -2.25. The maximum Gasteiger partial charge on any atom is 0.251 e. The van der Waals surface area contributed by atoms with Crippen molar-refractivity contribution in [3.8, 4) is 17.5 Å². The highest BCUT2D eigenvalue weighted by Gasteiger charge is 2.07. The number of carbonyl (C=O) groups excluding carboxylic acids is 1. The minimum absolute atomic E-state index is 0.178. The molecule has 1 amide bonds. The molecule has 1 heterocycles. The Bertz CT molecular complexity index is 862. The Morgan fingerprint density at radius 2 is 1.88 bits per heavy atom. The van der Waals surface area contributed by atoms with E-state index < -0.39 is 0 Å². The molecule has 2 N–H and O–H groups in total. The number of hydrogen-bond acceptors (Lipinski definition) is 4. The van der Waals surface area contributed by atoms with Gasteiger partial charge in [0.2, 0.25) is 0 Å². The Labute approximate surface area is 139 Å². The van der Waals surface area contributed by atoms with Crippen molar-refractivity contribution in [2.45, 2.75) is 6.42 Å². The predicted octanol–water partition coefficient (Wildman–Crippen LogP) is 2.32. The molecule has 0 bridgehead atoms. The van der Waals surface area contributed by atoms with Crippen LogP contribution in [0.2, 0.25) is 0 Å². The third-order valence-corrected chi connectivity index (χ3v) is 3.49. The fourth-order valence-corrected chi connectivity index (χ4v) is 2.22. The van der Waals surface area contributed by atoms with Crippen LogP contribution < -0.4 is 5.32 Å². The summed E-state index contributed by atoms with van der Waals surface area (Å²) in [4.78, 5) is 16.4. The lowest BCUT2D eigenvalue weighted by Gasteiger charge is -2.03. The molecule has 6 heteroatoms. The zero-order chi connectivity index (χ0) is 16.8. The maximum atomic E-state index is 12.0. The molecule has 0 aliphatic rings. The Hall–Kier alpha value is -3.46. The van der Waals surface area contributed by atoms with Gasteiger partial charge in [0.15, 0.2) is 5.82 Å². The van der Waals surface area contributed by atoms with Crippen molar-refractivity contribution < 1.29 is 4.79 Å². The number of H-pyrrole nitrogens is 1. The van der Waals surface area contributed by atoms with E-state index in [0.29, 0.717) is 35.7 Å². The van der Waals surface area contributed by atoms with E-state index in [2.05, 4.69) is 20.5 Å². The Morgan fingerprint density at radius 1 is 1.12 bits per heavy atom. The zero-order valence-electron chi connectivity index (χ0n) is 12.9. The average Bonchev–Trinajstić information content (AvgIpc) is 3.11. The SMILES string of the molecule is N#Cc1ccc(C(=O)NCCc2nc(-c3ccccc3)n[nH]2)cc1. The standard InChI is InChI=1S/C18H15N5O/c19-12-13-6-8-15(9-7-13)18(24)20-11-10-16-21-17(23-22-16)14-4-2-1-3-5-14/h1-9H,10-11H2,(H,20,24)(H,21,22,23). The number of nitrogens with zero attached hydrogens (tertiary/aromatic N) is 3. The van der Waals surface area contributed by atoms with Crippen molar-refractivity contribution in [3.05, 3.63) is 71.5 Å². The molecule has 1 aromatic heterocycles. The van der Waals surface area contributed by atoms with Crippen LogP contribution in [0.25, 0.3) is 11.4 Å². The molecule has 0 saturated heterocycles. The van der Waals surface area contributed by atoms with Crippen LogP contribution in [0.1, 0.15) is 21.7 Å². The van der Waals surface area contributed by atoms with Gasteiger partial charge in [-0.3, -0.25) is 9.89 Å². The van der Waals surface area contributed by atoms with Gasteiger partial charge in [-0.2, -0.15) is 10.4 Å². The van der Waals surface area contributed by atoms with Crippen LogP contribution in [0.4, 0.5) is 0 Å². The molecule has 0 spiro atoms. The van der Waals surface area contributed by atoms with Crippen LogP contribution in [-0.2, 0) is 6.42 Å². The van der Waals surface area contributed by atoms with E-state index in [1.54, 1.807) is 24.3 Å². The second-order valence-corrected chi connectivity index (χ2v) is 5.17. The van der Waals surface area contributed by atoms with Crippen molar-refractivity contribution in [3.63, 3.8) is 0 Å². The normalized spacial score (nSPS) is 10.1. The Morgan fingerprint density at radius 3 is 2.58 bits per heavy atom. The summed E-state index contributed by atoms with van der Waals surface area (Å²) < 4.78 is 0. The number of aromatic amines is 1. The second kappa shape index (κ2) is 7.20. The van der Waals surface area contributed by atoms with Gasteiger partial charge in [0.1, 0.15) is 5.82 Å².